The molecule has 1 aliphatic heterocycles. The highest BCUT2D eigenvalue weighted by Crippen LogP contribution is 2.69. The van der Waals surface area contributed by atoms with E-state index in [0.717, 1.165) is 50.5 Å². The highest BCUT2D eigenvalue weighted by atomic mass is 16.5. The smallest absolute Gasteiger partial charge is 0.331 e. The molecule has 4 fully saturated rings. The topological polar surface area (TPSA) is 87.0 Å². The minimum absolute atomic E-state index is 0.0115. The van der Waals surface area contributed by atoms with Gasteiger partial charge in [-0.3, -0.25) is 0 Å². The Kier molecular flexibility index (Phi) is 4.12. The molecule has 28 heavy (non-hydrogen) atoms. The van der Waals surface area contributed by atoms with Crippen LogP contribution in [0.5, 0.6) is 0 Å². The average Bonchev–Trinajstić information content (AvgIpc) is 3.16. The minimum atomic E-state index is -0.807. The Balaban J connectivity index is 1.51. The molecule has 3 N–H and O–H groups in total. The maximum atomic E-state index is 12.1. The van der Waals surface area contributed by atoms with Crippen molar-refractivity contribution in [3.8, 4) is 0 Å². The normalized spacial score (nSPS) is 55.8. The predicted octanol–water partition coefficient (Wildman–Crippen LogP) is 2.58. The molecule has 5 aliphatic rings. The second-order valence-corrected chi connectivity index (χ2v) is 10.9. The fourth-order valence-electron chi connectivity index (χ4n) is 8.49. The highest BCUT2D eigenvalue weighted by Gasteiger charge is 2.69. The number of ether oxygens (including phenoxy) is 1. The van der Waals surface area contributed by atoms with E-state index in [2.05, 4.69) is 13.8 Å². The standard InChI is InChI=1S/C23H34O5/c1-21-7-5-15(24)10-14(21)3-4-17-20(21)18(25)11-22(2)16(6-8-23(17,22)27)13-9-19(26)28-12-13/h9,14-18,20,24-25,27H,3-8,10-12H2,1-2H3/t14-,15-,16-,17?,18?,20?,21+,22-,23+/m1/s1. The molecular formula is C23H34O5. The van der Waals surface area contributed by atoms with Crippen molar-refractivity contribution < 1.29 is 24.9 Å². The number of hydrogen-bond acceptors (Lipinski definition) is 5. The molecule has 0 aromatic carbocycles. The van der Waals surface area contributed by atoms with Crippen LogP contribution in [0.2, 0.25) is 0 Å². The molecule has 0 spiro atoms. The lowest BCUT2D eigenvalue weighted by atomic mass is 9.42. The van der Waals surface area contributed by atoms with Crippen LogP contribution >= 0.6 is 0 Å². The van der Waals surface area contributed by atoms with Crippen molar-refractivity contribution in [1.29, 1.82) is 0 Å². The molecule has 5 nitrogen and oxygen atoms in total. The van der Waals surface area contributed by atoms with Crippen LogP contribution in [-0.4, -0.2) is 45.7 Å². The monoisotopic (exact) mass is 390 g/mol. The third-order valence-electron chi connectivity index (χ3n) is 9.89. The van der Waals surface area contributed by atoms with E-state index in [1.165, 1.54) is 0 Å². The largest absolute Gasteiger partial charge is 0.458 e. The summed E-state index contributed by atoms with van der Waals surface area (Å²) in [5.41, 5.74) is -0.250. The van der Waals surface area contributed by atoms with Crippen molar-refractivity contribution in [3.05, 3.63) is 11.6 Å². The molecule has 5 heteroatoms. The molecular weight excluding hydrogens is 356 g/mol. The van der Waals surface area contributed by atoms with Gasteiger partial charge >= 0.3 is 5.97 Å². The van der Waals surface area contributed by atoms with E-state index < -0.39 is 17.1 Å². The van der Waals surface area contributed by atoms with Gasteiger partial charge in [-0.15, -0.1) is 0 Å². The van der Waals surface area contributed by atoms with Gasteiger partial charge in [-0.2, -0.15) is 0 Å². The summed E-state index contributed by atoms with van der Waals surface area (Å²) < 4.78 is 5.17. The van der Waals surface area contributed by atoms with Gasteiger partial charge in [0.25, 0.3) is 0 Å². The van der Waals surface area contributed by atoms with E-state index in [0.29, 0.717) is 18.9 Å². The van der Waals surface area contributed by atoms with Crippen LogP contribution < -0.4 is 0 Å². The Hall–Kier alpha value is -0.910. The molecule has 5 rings (SSSR count). The maximum absolute atomic E-state index is 12.1. The van der Waals surface area contributed by atoms with E-state index in [1.807, 2.05) is 0 Å². The number of hydrogen-bond donors (Lipinski definition) is 3. The number of aliphatic hydroxyl groups is 3. The molecule has 1 heterocycles. The van der Waals surface area contributed by atoms with Crippen LogP contribution in [0, 0.1) is 34.5 Å². The number of cyclic esters (lactones) is 1. The third kappa shape index (κ3) is 2.33. The van der Waals surface area contributed by atoms with Crippen molar-refractivity contribution in [2.45, 2.75) is 83.0 Å². The number of fused-ring (bicyclic) bond motifs is 5. The average molecular weight is 391 g/mol. The van der Waals surface area contributed by atoms with Gasteiger partial charge in [0.15, 0.2) is 0 Å². The summed E-state index contributed by atoms with van der Waals surface area (Å²) in [5, 5.41) is 33.7. The van der Waals surface area contributed by atoms with Crippen molar-refractivity contribution in [2.75, 3.05) is 6.61 Å². The van der Waals surface area contributed by atoms with E-state index in [1.54, 1.807) is 6.08 Å². The van der Waals surface area contributed by atoms with Crippen molar-refractivity contribution in [1.82, 2.24) is 0 Å². The Labute approximate surface area is 167 Å². The van der Waals surface area contributed by atoms with Crippen LogP contribution in [-0.2, 0) is 9.53 Å². The zero-order valence-electron chi connectivity index (χ0n) is 17.1. The first-order valence-corrected chi connectivity index (χ1v) is 11.1. The van der Waals surface area contributed by atoms with E-state index in [4.69, 9.17) is 4.74 Å². The van der Waals surface area contributed by atoms with Crippen LogP contribution in [0.1, 0.15) is 65.2 Å². The van der Waals surface area contributed by atoms with Gasteiger partial charge in [-0.05, 0) is 86.0 Å². The second-order valence-electron chi connectivity index (χ2n) is 10.9. The lowest BCUT2D eigenvalue weighted by Gasteiger charge is -2.65. The van der Waals surface area contributed by atoms with Gasteiger partial charge in [0, 0.05) is 11.5 Å². The number of esters is 1. The van der Waals surface area contributed by atoms with Gasteiger partial charge in [-0.25, -0.2) is 4.79 Å². The van der Waals surface area contributed by atoms with E-state index in [9.17, 15) is 20.1 Å². The Morgan fingerprint density at radius 1 is 1.11 bits per heavy atom. The van der Waals surface area contributed by atoms with Crippen LogP contribution in [0.15, 0.2) is 11.6 Å². The second kappa shape index (κ2) is 6.05. The summed E-state index contributed by atoms with van der Waals surface area (Å²) >= 11 is 0. The molecule has 0 aromatic rings. The molecule has 3 unspecified atom stereocenters. The molecule has 0 saturated heterocycles. The lowest BCUT2D eigenvalue weighted by molar-refractivity contribution is -0.242. The van der Waals surface area contributed by atoms with Crippen molar-refractivity contribution in [2.24, 2.45) is 34.5 Å². The van der Waals surface area contributed by atoms with Gasteiger partial charge in [0.2, 0.25) is 0 Å². The number of carbonyl (C=O) groups excluding carboxylic acids is 1. The van der Waals surface area contributed by atoms with Gasteiger partial charge < -0.3 is 20.1 Å². The fourth-order valence-corrected chi connectivity index (χ4v) is 8.49. The molecule has 156 valence electrons. The summed E-state index contributed by atoms with van der Waals surface area (Å²) in [6.45, 7) is 4.76. The van der Waals surface area contributed by atoms with Crippen LogP contribution in [0.4, 0.5) is 0 Å². The van der Waals surface area contributed by atoms with Crippen LogP contribution in [0.25, 0.3) is 0 Å². The Morgan fingerprint density at radius 3 is 2.61 bits per heavy atom. The zero-order valence-corrected chi connectivity index (χ0v) is 17.1. The SMILES string of the molecule is C[C@]12CC[C@@H](O)C[C@H]1CCC1C2C(O)C[C@]2(C)[C@@H](C3=CC(=O)OC3)CC[C@]12O. The minimum Gasteiger partial charge on any atom is -0.458 e. The molecule has 0 amide bonds. The van der Waals surface area contributed by atoms with Crippen molar-refractivity contribution >= 4 is 5.97 Å². The van der Waals surface area contributed by atoms with Crippen molar-refractivity contribution in [3.63, 3.8) is 0 Å². The maximum Gasteiger partial charge on any atom is 0.331 e. The number of aliphatic hydroxyl groups excluding tert-OH is 2. The fraction of sp³-hybridized carbons (Fsp3) is 0.870. The van der Waals surface area contributed by atoms with Gasteiger partial charge in [0.1, 0.15) is 6.61 Å². The first-order chi connectivity index (χ1) is 13.2. The molecule has 0 aromatic heterocycles. The molecule has 9 atom stereocenters. The quantitative estimate of drug-likeness (QED) is 0.599. The Morgan fingerprint density at radius 2 is 1.89 bits per heavy atom. The molecule has 0 bridgehead atoms. The molecule has 0 radical (unpaired) electrons. The Bertz CT molecular complexity index is 718. The predicted molar refractivity (Wildman–Crippen MR) is 103 cm³/mol. The summed E-state index contributed by atoms with van der Waals surface area (Å²) in [6, 6.07) is 0. The first kappa shape index (κ1) is 19.1. The third-order valence-corrected chi connectivity index (χ3v) is 9.89. The van der Waals surface area contributed by atoms with Gasteiger partial charge in [-0.1, -0.05) is 13.8 Å². The highest BCUT2D eigenvalue weighted by molar-refractivity contribution is 5.85. The first-order valence-electron chi connectivity index (χ1n) is 11.1. The van der Waals surface area contributed by atoms with E-state index >= 15 is 0 Å². The molecule has 4 aliphatic carbocycles. The lowest BCUT2D eigenvalue weighted by Crippen LogP contribution is -2.66. The van der Waals surface area contributed by atoms with Crippen LogP contribution in [0.3, 0.4) is 0 Å². The molecule has 4 saturated carbocycles. The number of carbonyl (C=O) groups is 1. The van der Waals surface area contributed by atoms with E-state index in [-0.39, 0.29) is 35.2 Å². The number of rotatable bonds is 1. The summed E-state index contributed by atoms with van der Waals surface area (Å²) in [6.07, 6.45) is 7.61. The summed E-state index contributed by atoms with van der Waals surface area (Å²) in [7, 11) is 0. The summed E-state index contributed by atoms with van der Waals surface area (Å²) in [4.78, 5) is 11.6. The van der Waals surface area contributed by atoms with Gasteiger partial charge in [0.05, 0.1) is 17.8 Å². The zero-order chi connectivity index (χ0) is 19.9. The summed E-state index contributed by atoms with van der Waals surface area (Å²) in [5.74, 6) is 0.420.